The van der Waals surface area contributed by atoms with Gasteiger partial charge in [-0.3, -0.25) is 0 Å². The van der Waals surface area contributed by atoms with Crippen molar-refractivity contribution in [3.05, 3.63) is 59.9 Å². The van der Waals surface area contributed by atoms with Gasteiger partial charge in [-0.25, -0.2) is 14.5 Å². The zero-order valence-electron chi connectivity index (χ0n) is 13.8. The van der Waals surface area contributed by atoms with Crippen LogP contribution in [0.25, 0.3) is 17.1 Å². The summed E-state index contributed by atoms with van der Waals surface area (Å²) in [4.78, 5) is 16.5. The van der Waals surface area contributed by atoms with E-state index in [1.54, 1.807) is 49.5 Å². The molecule has 0 fully saturated rings. The number of hydrogen-bond acceptors (Lipinski definition) is 5. The molecule has 2 heterocycles. The minimum absolute atomic E-state index is 0. The Labute approximate surface area is 173 Å². The van der Waals surface area contributed by atoms with Crippen molar-refractivity contribution in [1.82, 2.24) is 14.8 Å². The molecule has 9 heteroatoms. The quantitative estimate of drug-likeness (QED) is 0.340. The average Bonchev–Trinajstić information content (AvgIpc) is 2.92. The number of benzene rings is 1. The third-order valence-corrected chi connectivity index (χ3v) is 3.48. The number of pyridine rings is 1. The number of phenols is 1. The molecule has 141 valence electrons. The Morgan fingerprint density at radius 2 is 1.77 bits per heavy atom. The first-order valence-electron chi connectivity index (χ1n) is 7.01. The molecule has 0 amide bonds. The fraction of sp³-hybridized carbons (Fsp3) is 0.118. The molecule has 0 unspecified atom stereocenters. The number of para-hydroxylation sites is 1. The van der Waals surface area contributed by atoms with Crippen molar-refractivity contribution >= 4 is 5.97 Å². The molecule has 3 aromatic rings. The van der Waals surface area contributed by atoms with Crippen LogP contribution in [-0.2, 0) is 21.8 Å². The first-order chi connectivity index (χ1) is 11.1. The number of ether oxygens (including phenoxy) is 1. The van der Waals surface area contributed by atoms with Crippen LogP contribution in [0.15, 0.2) is 48.7 Å². The maximum atomic E-state index is 12.2. The predicted molar refractivity (Wildman–Crippen MR) is 84.5 cm³/mol. The van der Waals surface area contributed by atoms with Gasteiger partial charge in [-0.05, 0) is 31.2 Å². The van der Waals surface area contributed by atoms with Gasteiger partial charge in [0, 0.05) is 11.8 Å². The first-order valence-corrected chi connectivity index (χ1v) is 7.01. The zero-order valence-corrected chi connectivity index (χ0v) is 16.2. The molecule has 0 spiro atoms. The number of methoxy groups -OCH3 is 1. The standard InChI is InChI=1S/C17H15N3O3.2ClH.Cu/c1-11-15(17(22)23-2)16(12-7-3-4-8-13(12)21)20(19-11)14-9-5-6-10-18-14;;;/h3-10,21H,1-2H3;2*1H;/q;;;+2/p-2. The SMILES string of the molecule is COC(=O)c1c(C)nn(-c2ccccn2)c1-c1ccccc1O.[Cl-].[Cl-].[Cu+2]. The van der Waals surface area contributed by atoms with Gasteiger partial charge in [0.05, 0.1) is 18.5 Å². The van der Waals surface area contributed by atoms with E-state index >= 15 is 0 Å². The van der Waals surface area contributed by atoms with Crippen LogP contribution in [-0.4, -0.2) is 33.0 Å². The summed E-state index contributed by atoms with van der Waals surface area (Å²) in [5.41, 5.74) is 1.74. The molecule has 1 radical (unpaired) electrons. The maximum absolute atomic E-state index is 12.2. The van der Waals surface area contributed by atoms with E-state index in [1.165, 1.54) is 11.8 Å². The molecule has 0 bridgehead atoms. The van der Waals surface area contributed by atoms with Crippen LogP contribution >= 0.6 is 0 Å². The summed E-state index contributed by atoms with van der Waals surface area (Å²) in [6, 6.07) is 12.2. The second-order valence-electron chi connectivity index (χ2n) is 4.92. The molecular formula is C17H15Cl2CuN3O3. The second kappa shape index (κ2) is 10.2. The third kappa shape index (κ3) is 4.37. The molecule has 0 aliphatic heterocycles. The smallest absolute Gasteiger partial charge is 1.00 e. The molecule has 2 aromatic heterocycles. The molecular weight excluding hydrogens is 429 g/mol. The first kappa shape index (κ1) is 23.9. The number of esters is 1. The molecule has 1 N–H and O–H groups in total. The van der Waals surface area contributed by atoms with Crippen molar-refractivity contribution in [3.8, 4) is 22.8 Å². The van der Waals surface area contributed by atoms with Gasteiger partial charge < -0.3 is 34.7 Å². The van der Waals surface area contributed by atoms with E-state index < -0.39 is 5.97 Å². The van der Waals surface area contributed by atoms with Crippen molar-refractivity contribution in [2.45, 2.75) is 6.92 Å². The molecule has 0 saturated heterocycles. The van der Waals surface area contributed by atoms with Crippen LogP contribution in [0.5, 0.6) is 5.75 Å². The number of halogens is 2. The largest absolute Gasteiger partial charge is 2.00 e. The van der Waals surface area contributed by atoms with Crippen molar-refractivity contribution in [2.75, 3.05) is 7.11 Å². The second-order valence-corrected chi connectivity index (χ2v) is 4.92. The summed E-state index contributed by atoms with van der Waals surface area (Å²) < 4.78 is 6.41. The van der Waals surface area contributed by atoms with Crippen molar-refractivity contribution in [2.24, 2.45) is 0 Å². The van der Waals surface area contributed by atoms with Crippen LogP contribution in [0.4, 0.5) is 0 Å². The Bertz CT molecular complexity index is 873. The van der Waals surface area contributed by atoms with Crippen LogP contribution < -0.4 is 24.8 Å². The van der Waals surface area contributed by atoms with Gasteiger partial charge >= 0.3 is 23.0 Å². The van der Waals surface area contributed by atoms with E-state index in [0.29, 0.717) is 28.3 Å². The maximum Gasteiger partial charge on any atom is 2.00 e. The summed E-state index contributed by atoms with van der Waals surface area (Å²) >= 11 is 0. The van der Waals surface area contributed by atoms with Gasteiger partial charge in [0.2, 0.25) is 0 Å². The van der Waals surface area contributed by atoms with Crippen LogP contribution in [0.2, 0.25) is 0 Å². The summed E-state index contributed by atoms with van der Waals surface area (Å²) in [6.07, 6.45) is 1.64. The van der Waals surface area contributed by atoms with E-state index in [4.69, 9.17) is 4.74 Å². The fourth-order valence-electron chi connectivity index (χ4n) is 2.44. The van der Waals surface area contributed by atoms with Crippen LogP contribution in [0, 0.1) is 6.92 Å². The molecule has 0 atom stereocenters. The average molecular weight is 444 g/mol. The number of phenolic OH excluding ortho intramolecular Hbond substituents is 1. The minimum atomic E-state index is -0.511. The monoisotopic (exact) mass is 442 g/mol. The molecule has 3 rings (SSSR count). The van der Waals surface area contributed by atoms with E-state index in [9.17, 15) is 9.90 Å². The molecule has 1 aromatic carbocycles. The number of nitrogens with zero attached hydrogens (tertiary/aromatic N) is 3. The Hall–Kier alpha value is -2.05. The molecule has 0 aliphatic carbocycles. The number of carbonyl (C=O) groups excluding carboxylic acids is 1. The third-order valence-electron chi connectivity index (χ3n) is 3.48. The number of carbonyl (C=O) groups is 1. The Balaban J connectivity index is 0.00000208. The van der Waals surface area contributed by atoms with Gasteiger partial charge in [0.15, 0.2) is 5.82 Å². The fourth-order valence-corrected chi connectivity index (χ4v) is 2.44. The van der Waals surface area contributed by atoms with Crippen molar-refractivity contribution in [3.63, 3.8) is 0 Å². The zero-order chi connectivity index (χ0) is 16.4. The van der Waals surface area contributed by atoms with Gasteiger partial charge in [-0.15, -0.1) is 0 Å². The number of aromatic nitrogens is 3. The van der Waals surface area contributed by atoms with E-state index in [1.807, 2.05) is 6.07 Å². The Morgan fingerprint density at radius 3 is 2.35 bits per heavy atom. The van der Waals surface area contributed by atoms with Gasteiger partial charge in [-0.1, -0.05) is 18.2 Å². The minimum Gasteiger partial charge on any atom is -1.00 e. The number of aryl methyl sites for hydroxylation is 1. The molecule has 26 heavy (non-hydrogen) atoms. The Morgan fingerprint density at radius 1 is 1.12 bits per heavy atom. The summed E-state index contributed by atoms with van der Waals surface area (Å²) in [5, 5.41) is 14.6. The summed E-state index contributed by atoms with van der Waals surface area (Å²) in [7, 11) is 1.31. The number of hydrogen-bond donors (Lipinski definition) is 1. The van der Waals surface area contributed by atoms with Crippen LogP contribution in [0.1, 0.15) is 16.1 Å². The van der Waals surface area contributed by atoms with Crippen LogP contribution in [0.3, 0.4) is 0 Å². The number of aromatic hydroxyl groups is 1. The van der Waals surface area contributed by atoms with E-state index in [2.05, 4.69) is 10.1 Å². The van der Waals surface area contributed by atoms with Gasteiger partial charge in [0.1, 0.15) is 11.3 Å². The number of rotatable bonds is 3. The van der Waals surface area contributed by atoms with E-state index in [-0.39, 0.29) is 47.6 Å². The Kier molecular flexibility index (Phi) is 9.38. The molecule has 0 aliphatic rings. The van der Waals surface area contributed by atoms with Gasteiger partial charge in [-0.2, -0.15) is 5.10 Å². The summed E-state index contributed by atoms with van der Waals surface area (Å²) in [5.74, 6) is 0.0849. The predicted octanol–water partition coefficient (Wildman–Crippen LogP) is -3.26. The molecule has 6 nitrogen and oxygen atoms in total. The van der Waals surface area contributed by atoms with Crippen molar-refractivity contribution in [1.29, 1.82) is 0 Å². The van der Waals surface area contributed by atoms with Gasteiger partial charge in [0.25, 0.3) is 0 Å². The molecule has 0 saturated carbocycles. The van der Waals surface area contributed by atoms with E-state index in [0.717, 1.165) is 0 Å². The summed E-state index contributed by atoms with van der Waals surface area (Å²) in [6.45, 7) is 1.72. The topological polar surface area (TPSA) is 77.2 Å². The normalized spacial score (nSPS) is 9.31. The van der Waals surface area contributed by atoms with Crippen molar-refractivity contribution < 1.29 is 56.5 Å².